The van der Waals surface area contributed by atoms with E-state index >= 15 is 0 Å². The molecule has 3 N–H and O–H groups in total. The second kappa shape index (κ2) is 3.72. The Kier molecular flexibility index (Phi) is 2.62. The molecule has 1 aliphatic rings. The highest BCUT2D eigenvalue weighted by Crippen LogP contribution is 1.93. The maximum Gasteiger partial charge on any atom is 0.221 e. The van der Waals surface area contributed by atoms with Gasteiger partial charge in [0.25, 0.3) is 0 Å². The van der Waals surface area contributed by atoms with Crippen molar-refractivity contribution < 1.29 is 4.79 Å². The van der Waals surface area contributed by atoms with Crippen LogP contribution in [0.1, 0.15) is 6.92 Å². The van der Waals surface area contributed by atoms with Gasteiger partial charge in [-0.05, 0) is 12.5 Å². The molecule has 0 saturated carbocycles. The van der Waals surface area contributed by atoms with E-state index in [0.717, 1.165) is 5.57 Å². The number of allylic oxidation sites excluding steroid dienone is 1. The number of hydrogen-bond acceptors (Lipinski definition) is 4. The van der Waals surface area contributed by atoms with Crippen LogP contribution in [0.5, 0.6) is 0 Å². The molecule has 0 aromatic carbocycles. The van der Waals surface area contributed by atoms with Gasteiger partial charge in [0.1, 0.15) is 0 Å². The average molecular weight is 154 g/mol. The van der Waals surface area contributed by atoms with Crippen LogP contribution >= 0.6 is 0 Å². The van der Waals surface area contributed by atoms with Crippen molar-refractivity contribution >= 4 is 12.6 Å². The monoisotopic (exact) mass is 154 g/mol. The third-order valence-corrected chi connectivity index (χ3v) is 1.18. The smallest absolute Gasteiger partial charge is 0.221 e. The molecule has 0 bridgehead atoms. The molecule has 1 atom stereocenters. The van der Waals surface area contributed by atoms with Gasteiger partial charge in [0, 0.05) is 12.4 Å². The van der Waals surface area contributed by atoms with Crippen LogP contribution in [0.15, 0.2) is 16.8 Å². The largest absolute Gasteiger partial charge is 0.356 e. The van der Waals surface area contributed by atoms with Crippen LogP contribution in [-0.2, 0) is 4.79 Å². The average Bonchev–Trinajstić information content (AvgIpc) is 2.04. The van der Waals surface area contributed by atoms with Gasteiger partial charge in [0.2, 0.25) is 6.41 Å². The van der Waals surface area contributed by atoms with Crippen LogP contribution in [0.4, 0.5) is 0 Å². The molecule has 11 heavy (non-hydrogen) atoms. The Morgan fingerprint density at radius 1 is 1.82 bits per heavy atom. The maximum atomic E-state index is 9.84. The van der Waals surface area contributed by atoms with Gasteiger partial charge in [0.05, 0.1) is 0 Å². The van der Waals surface area contributed by atoms with Crippen LogP contribution in [0.3, 0.4) is 0 Å². The predicted octanol–water partition coefficient (Wildman–Crippen LogP) is -0.902. The van der Waals surface area contributed by atoms with Crippen molar-refractivity contribution in [1.82, 2.24) is 16.2 Å². The quantitative estimate of drug-likeness (QED) is 0.364. The van der Waals surface area contributed by atoms with E-state index in [1.165, 1.54) is 0 Å². The van der Waals surface area contributed by atoms with Gasteiger partial charge >= 0.3 is 0 Å². The van der Waals surface area contributed by atoms with Gasteiger partial charge in [-0.25, -0.2) is 0 Å². The molecule has 1 heterocycles. The molecule has 5 heteroatoms. The fourth-order valence-electron chi connectivity index (χ4n) is 0.675. The van der Waals surface area contributed by atoms with E-state index < -0.39 is 0 Å². The number of amides is 1. The maximum absolute atomic E-state index is 9.84. The summed E-state index contributed by atoms with van der Waals surface area (Å²) in [6.45, 7) is 1.93. The third kappa shape index (κ3) is 2.38. The number of hydrazine groups is 1. The molecule has 5 nitrogen and oxygen atoms in total. The zero-order chi connectivity index (χ0) is 8.10. The second-order valence-corrected chi connectivity index (χ2v) is 2.14. The molecule has 0 aliphatic carbocycles. The Labute approximate surface area is 64.5 Å². The lowest BCUT2D eigenvalue weighted by atomic mass is 10.3. The van der Waals surface area contributed by atoms with Gasteiger partial charge < -0.3 is 5.32 Å². The van der Waals surface area contributed by atoms with Gasteiger partial charge in [-0.2, -0.15) is 5.43 Å². The molecule has 1 amide bonds. The van der Waals surface area contributed by atoms with E-state index in [9.17, 15) is 4.79 Å². The SMILES string of the molecule is CC1=CNC(NNC=O)N=C1. The van der Waals surface area contributed by atoms with Gasteiger partial charge in [-0.1, -0.05) is 0 Å². The summed E-state index contributed by atoms with van der Waals surface area (Å²) in [5.74, 6) is 0. The molecular formula is C6H10N4O. The van der Waals surface area contributed by atoms with Crippen LogP contribution < -0.4 is 16.2 Å². The zero-order valence-corrected chi connectivity index (χ0v) is 6.16. The zero-order valence-electron chi connectivity index (χ0n) is 6.16. The molecule has 0 radical (unpaired) electrons. The lowest BCUT2D eigenvalue weighted by Crippen LogP contribution is -2.46. The molecule has 1 rings (SSSR count). The van der Waals surface area contributed by atoms with E-state index in [1.807, 2.05) is 13.1 Å². The first kappa shape index (κ1) is 7.74. The summed E-state index contributed by atoms with van der Waals surface area (Å²) >= 11 is 0. The van der Waals surface area contributed by atoms with E-state index in [2.05, 4.69) is 21.2 Å². The summed E-state index contributed by atoms with van der Waals surface area (Å²) in [5, 5.41) is 2.91. The Balaban J connectivity index is 2.31. The van der Waals surface area contributed by atoms with Crippen molar-refractivity contribution in [2.24, 2.45) is 4.99 Å². The number of carbonyl (C=O) groups excluding carboxylic acids is 1. The van der Waals surface area contributed by atoms with Crippen LogP contribution in [0, 0.1) is 0 Å². The van der Waals surface area contributed by atoms with Crippen molar-refractivity contribution in [3.63, 3.8) is 0 Å². The Hall–Kier alpha value is -1.36. The predicted molar refractivity (Wildman–Crippen MR) is 41.5 cm³/mol. The minimum absolute atomic E-state index is 0.260. The molecule has 1 aliphatic heterocycles. The van der Waals surface area contributed by atoms with Crippen molar-refractivity contribution in [2.75, 3.05) is 0 Å². The fourth-order valence-corrected chi connectivity index (χ4v) is 0.675. The lowest BCUT2D eigenvalue weighted by molar-refractivity contribution is -0.110. The van der Waals surface area contributed by atoms with Crippen molar-refractivity contribution in [3.8, 4) is 0 Å². The molecule has 0 fully saturated rings. The summed E-state index contributed by atoms with van der Waals surface area (Å²) in [7, 11) is 0. The molecular weight excluding hydrogens is 144 g/mol. The minimum atomic E-state index is -0.260. The van der Waals surface area contributed by atoms with Crippen LogP contribution in [-0.4, -0.2) is 18.9 Å². The summed E-state index contributed by atoms with van der Waals surface area (Å²) < 4.78 is 0. The molecule has 0 saturated heterocycles. The summed E-state index contributed by atoms with van der Waals surface area (Å²) in [6.07, 6.45) is 3.84. The van der Waals surface area contributed by atoms with E-state index in [4.69, 9.17) is 0 Å². The first-order valence-corrected chi connectivity index (χ1v) is 3.23. The number of rotatable bonds is 3. The lowest BCUT2D eigenvalue weighted by Gasteiger charge is -2.16. The first-order valence-electron chi connectivity index (χ1n) is 3.23. The van der Waals surface area contributed by atoms with Gasteiger partial charge in [-0.15, -0.1) is 0 Å². The number of nitrogens with zero attached hydrogens (tertiary/aromatic N) is 1. The van der Waals surface area contributed by atoms with E-state index in [1.54, 1.807) is 6.21 Å². The van der Waals surface area contributed by atoms with Gasteiger partial charge in [0.15, 0.2) is 6.29 Å². The Morgan fingerprint density at radius 3 is 3.18 bits per heavy atom. The van der Waals surface area contributed by atoms with Crippen molar-refractivity contribution in [2.45, 2.75) is 13.2 Å². The number of carbonyl (C=O) groups is 1. The molecule has 0 aromatic heterocycles. The molecule has 60 valence electrons. The molecule has 0 spiro atoms. The second-order valence-electron chi connectivity index (χ2n) is 2.14. The Bertz CT molecular complexity index is 199. The van der Waals surface area contributed by atoms with Crippen LogP contribution in [0.2, 0.25) is 0 Å². The normalized spacial score (nSPS) is 21.9. The molecule has 1 unspecified atom stereocenters. The highest BCUT2D eigenvalue weighted by molar-refractivity contribution is 5.78. The van der Waals surface area contributed by atoms with Crippen LogP contribution in [0.25, 0.3) is 0 Å². The van der Waals surface area contributed by atoms with E-state index in [-0.39, 0.29) is 6.29 Å². The van der Waals surface area contributed by atoms with Crippen molar-refractivity contribution in [3.05, 3.63) is 11.8 Å². The highest BCUT2D eigenvalue weighted by atomic mass is 16.1. The topological polar surface area (TPSA) is 65.5 Å². The number of nitrogens with one attached hydrogen (secondary N) is 3. The standard InChI is InChI=1S/C6H10N4O/c1-5-2-7-6(8-3-5)10-9-4-11/h2-4,6-7,10H,1H3,(H,9,11). The minimum Gasteiger partial charge on any atom is -0.356 e. The summed E-state index contributed by atoms with van der Waals surface area (Å²) in [5.41, 5.74) is 5.97. The summed E-state index contributed by atoms with van der Waals surface area (Å²) in [6, 6.07) is 0. The first-order chi connectivity index (χ1) is 5.33. The fraction of sp³-hybridized carbons (Fsp3) is 0.333. The number of aliphatic imine (C=N–C) groups is 1. The van der Waals surface area contributed by atoms with E-state index in [0.29, 0.717) is 6.41 Å². The summed E-state index contributed by atoms with van der Waals surface area (Å²) in [4.78, 5) is 13.9. The third-order valence-electron chi connectivity index (χ3n) is 1.18. The highest BCUT2D eigenvalue weighted by Gasteiger charge is 2.03. The molecule has 0 aromatic rings. The Morgan fingerprint density at radius 2 is 2.64 bits per heavy atom. The number of hydrogen-bond donors (Lipinski definition) is 3. The van der Waals surface area contributed by atoms with Gasteiger partial charge in [-0.3, -0.25) is 15.2 Å². The van der Waals surface area contributed by atoms with Crippen molar-refractivity contribution in [1.29, 1.82) is 0 Å².